The van der Waals surface area contributed by atoms with Crippen LogP contribution in [0.25, 0.3) is 11.0 Å². The van der Waals surface area contributed by atoms with Gasteiger partial charge in [0.2, 0.25) is 0 Å². The van der Waals surface area contributed by atoms with Crippen molar-refractivity contribution in [2.24, 2.45) is 0 Å². The van der Waals surface area contributed by atoms with Crippen molar-refractivity contribution in [3.63, 3.8) is 0 Å². The second kappa shape index (κ2) is 5.34. The van der Waals surface area contributed by atoms with Crippen LogP contribution in [-0.2, 0) is 0 Å². The predicted molar refractivity (Wildman–Crippen MR) is 85.6 cm³/mol. The second-order valence-corrected chi connectivity index (χ2v) is 5.68. The van der Waals surface area contributed by atoms with E-state index in [0.717, 1.165) is 9.38 Å². The minimum absolute atomic E-state index is 0.106. The molecule has 0 unspecified atom stereocenters. The Hall–Kier alpha value is -2.54. The van der Waals surface area contributed by atoms with Crippen LogP contribution in [0.4, 0.5) is 0 Å². The van der Waals surface area contributed by atoms with E-state index in [2.05, 4.69) is 44.3 Å². The van der Waals surface area contributed by atoms with Crippen LogP contribution in [0.3, 0.4) is 0 Å². The Morgan fingerprint density at radius 2 is 2.14 bits per heavy atom. The second-order valence-electron chi connectivity index (χ2n) is 4.77. The van der Waals surface area contributed by atoms with E-state index in [-0.39, 0.29) is 18.4 Å². The zero-order valence-corrected chi connectivity index (χ0v) is 13.1. The van der Waals surface area contributed by atoms with Crippen molar-refractivity contribution in [1.29, 1.82) is 0 Å². The zero-order valence-electron chi connectivity index (χ0n) is 11.5. The summed E-state index contributed by atoms with van der Waals surface area (Å²) in [5, 5.41) is 7.10. The molecule has 2 aromatic rings. The summed E-state index contributed by atoms with van der Waals surface area (Å²) in [6, 6.07) is 0. The molecule has 0 spiro atoms. The minimum atomic E-state index is -0.375. The topological polar surface area (TPSA) is 79.0 Å². The number of hydrogen-bond acceptors (Lipinski definition) is 4. The summed E-state index contributed by atoms with van der Waals surface area (Å²) in [6.07, 6.45) is 6.21. The van der Waals surface area contributed by atoms with Crippen molar-refractivity contribution < 1.29 is 9.59 Å². The molecule has 22 heavy (non-hydrogen) atoms. The van der Waals surface area contributed by atoms with Crippen LogP contribution in [0.15, 0.2) is 47.8 Å². The largest absolute Gasteiger partial charge is 0.270 e. The molecule has 3 heterocycles. The van der Waals surface area contributed by atoms with Gasteiger partial charge in [-0.3, -0.25) is 19.6 Å². The Kier molecular flexibility index (Phi) is 3.50. The molecule has 1 aliphatic rings. The first-order valence-corrected chi connectivity index (χ1v) is 7.18. The van der Waals surface area contributed by atoms with E-state index >= 15 is 0 Å². The van der Waals surface area contributed by atoms with Crippen LogP contribution in [0.2, 0.25) is 0 Å². The Morgan fingerprint density at radius 1 is 1.36 bits per heavy atom. The molecule has 110 valence electrons. The number of allylic oxidation sites excluding steroid dienone is 2. The number of pyridine rings is 1. The van der Waals surface area contributed by atoms with Crippen molar-refractivity contribution in [1.82, 2.24) is 20.1 Å². The first-order valence-electron chi connectivity index (χ1n) is 6.38. The zero-order chi connectivity index (χ0) is 15.9. The number of halogens is 1. The van der Waals surface area contributed by atoms with Crippen LogP contribution in [0, 0.1) is 0 Å². The van der Waals surface area contributed by atoms with E-state index in [0.29, 0.717) is 27.7 Å². The van der Waals surface area contributed by atoms with E-state index in [4.69, 9.17) is 0 Å². The Bertz CT molecular complexity index is 866. The van der Waals surface area contributed by atoms with Crippen LogP contribution in [-0.4, -0.2) is 38.4 Å². The van der Waals surface area contributed by atoms with E-state index < -0.39 is 0 Å². The van der Waals surface area contributed by atoms with E-state index in [1.54, 1.807) is 12.2 Å². The maximum atomic E-state index is 12.6. The number of aromatic nitrogens is 3. The molecular weight excluding hydrogens is 348 g/mol. The summed E-state index contributed by atoms with van der Waals surface area (Å²) in [4.78, 5) is 30.2. The standard InChI is InChI=1S/C15H11BrN4O2/c1-3-9(16)4-8(2)7-20-14(21)11-5-17-13-10(6-18-19-13)12(11)15(20)22/h3-6H,1-2,7H2,(H,17,18,19)/b9-4+. The van der Waals surface area contributed by atoms with Crippen LogP contribution in [0.1, 0.15) is 20.7 Å². The number of carbonyl (C=O) groups is 2. The fraction of sp³-hybridized carbons (Fsp3) is 0.0667. The molecule has 6 nitrogen and oxygen atoms in total. The monoisotopic (exact) mass is 358 g/mol. The number of rotatable bonds is 4. The number of aromatic amines is 1. The van der Waals surface area contributed by atoms with Crippen molar-refractivity contribution >= 4 is 38.8 Å². The summed E-state index contributed by atoms with van der Waals surface area (Å²) in [5.74, 6) is -0.738. The normalized spacial score (nSPS) is 14.6. The van der Waals surface area contributed by atoms with Gasteiger partial charge in [-0.05, 0) is 11.6 Å². The SMILES string of the molecule is C=C/C(Br)=C\C(=C)CN1C(=O)c2cnc3[nH]ncc3c2C1=O. The highest BCUT2D eigenvalue weighted by Gasteiger charge is 2.37. The molecule has 2 aromatic heterocycles. The van der Waals surface area contributed by atoms with Gasteiger partial charge in [-0.1, -0.05) is 35.2 Å². The molecule has 0 radical (unpaired) electrons. The highest BCUT2D eigenvalue weighted by molar-refractivity contribution is 9.11. The Morgan fingerprint density at radius 3 is 2.86 bits per heavy atom. The lowest BCUT2D eigenvalue weighted by Crippen LogP contribution is -2.31. The van der Waals surface area contributed by atoms with Gasteiger partial charge in [-0.15, -0.1) is 0 Å². The van der Waals surface area contributed by atoms with Gasteiger partial charge in [0.15, 0.2) is 5.65 Å². The van der Waals surface area contributed by atoms with Gasteiger partial charge in [0, 0.05) is 10.7 Å². The average Bonchev–Trinajstić information content (AvgIpc) is 3.05. The van der Waals surface area contributed by atoms with Gasteiger partial charge in [0.1, 0.15) is 0 Å². The molecule has 0 aliphatic carbocycles. The van der Waals surface area contributed by atoms with Crippen molar-refractivity contribution in [3.8, 4) is 0 Å². The number of imide groups is 1. The molecule has 1 N–H and O–H groups in total. The first-order chi connectivity index (χ1) is 10.5. The Labute approximate surface area is 134 Å². The molecule has 0 saturated carbocycles. The minimum Gasteiger partial charge on any atom is -0.270 e. The number of hydrogen-bond donors (Lipinski definition) is 1. The van der Waals surface area contributed by atoms with Crippen LogP contribution >= 0.6 is 15.9 Å². The molecule has 0 bridgehead atoms. The third-order valence-electron chi connectivity index (χ3n) is 3.31. The lowest BCUT2D eigenvalue weighted by atomic mass is 10.1. The maximum absolute atomic E-state index is 12.6. The maximum Gasteiger partial charge on any atom is 0.263 e. The quantitative estimate of drug-likeness (QED) is 0.672. The van der Waals surface area contributed by atoms with E-state index in [1.165, 1.54) is 12.4 Å². The van der Waals surface area contributed by atoms with Gasteiger partial charge in [-0.2, -0.15) is 5.10 Å². The molecular formula is C15H11BrN4O2. The highest BCUT2D eigenvalue weighted by atomic mass is 79.9. The molecule has 2 amide bonds. The summed E-state index contributed by atoms with van der Waals surface area (Å²) >= 11 is 3.28. The first kappa shape index (κ1) is 14.4. The summed E-state index contributed by atoms with van der Waals surface area (Å²) in [5.41, 5.74) is 1.72. The summed E-state index contributed by atoms with van der Waals surface area (Å²) in [6.45, 7) is 7.58. The van der Waals surface area contributed by atoms with Gasteiger partial charge in [0.05, 0.1) is 29.3 Å². The molecule has 7 heteroatoms. The number of amides is 2. The van der Waals surface area contributed by atoms with Crippen molar-refractivity contribution in [3.05, 3.63) is 58.9 Å². The number of nitrogens with one attached hydrogen (secondary N) is 1. The number of carbonyl (C=O) groups excluding carboxylic acids is 2. The molecule has 0 saturated heterocycles. The van der Waals surface area contributed by atoms with E-state index in [9.17, 15) is 9.59 Å². The number of H-pyrrole nitrogens is 1. The highest BCUT2D eigenvalue weighted by Crippen LogP contribution is 2.28. The third-order valence-corrected chi connectivity index (χ3v) is 3.87. The fourth-order valence-corrected chi connectivity index (χ4v) is 2.63. The van der Waals surface area contributed by atoms with Gasteiger partial charge < -0.3 is 0 Å². The van der Waals surface area contributed by atoms with Crippen LogP contribution in [0.5, 0.6) is 0 Å². The molecule has 0 fully saturated rings. The smallest absolute Gasteiger partial charge is 0.263 e. The number of fused-ring (bicyclic) bond motifs is 3. The summed E-state index contributed by atoms with van der Waals surface area (Å²) < 4.78 is 0.730. The fourth-order valence-electron chi connectivity index (χ4n) is 2.31. The third kappa shape index (κ3) is 2.19. The molecule has 0 aromatic carbocycles. The van der Waals surface area contributed by atoms with Gasteiger partial charge in [0.25, 0.3) is 11.8 Å². The lowest BCUT2D eigenvalue weighted by molar-refractivity contribution is 0.0670. The van der Waals surface area contributed by atoms with Gasteiger partial charge >= 0.3 is 0 Å². The van der Waals surface area contributed by atoms with E-state index in [1.807, 2.05) is 0 Å². The lowest BCUT2D eigenvalue weighted by Gasteiger charge is -2.13. The van der Waals surface area contributed by atoms with Gasteiger partial charge in [-0.25, -0.2) is 4.98 Å². The molecule has 1 aliphatic heterocycles. The van der Waals surface area contributed by atoms with Crippen LogP contribution < -0.4 is 0 Å². The average molecular weight is 359 g/mol. The van der Waals surface area contributed by atoms with Crippen molar-refractivity contribution in [2.75, 3.05) is 6.54 Å². The van der Waals surface area contributed by atoms with Crippen molar-refractivity contribution in [2.45, 2.75) is 0 Å². The molecule has 0 atom stereocenters. The Balaban J connectivity index is 1.96. The summed E-state index contributed by atoms with van der Waals surface area (Å²) in [7, 11) is 0. The number of nitrogens with zero attached hydrogens (tertiary/aromatic N) is 3. The predicted octanol–water partition coefficient (Wildman–Crippen LogP) is 2.57. The molecule has 3 rings (SSSR count).